The molecule has 5 aromatic rings. The summed E-state index contributed by atoms with van der Waals surface area (Å²) >= 11 is -0.506. The fraction of sp³-hybridized carbons (Fsp3) is 0.353. The summed E-state index contributed by atoms with van der Waals surface area (Å²) in [6.45, 7) is 14.2. The summed E-state index contributed by atoms with van der Waals surface area (Å²) in [5.41, 5.74) is 10.5. The molecule has 0 spiro atoms. The van der Waals surface area contributed by atoms with Gasteiger partial charge in [0.15, 0.2) is 0 Å². The predicted molar refractivity (Wildman–Crippen MR) is 178 cm³/mol. The van der Waals surface area contributed by atoms with E-state index >= 15 is 0 Å². The number of hydrogen-bond acceptors (Lipinski definition) is 0. The zero-order valence-corrected chi connectivity index (χ0v) is 30.3. The molecule has 0 bridgehead atoms. The van der Waals surface area contributed by atoms with Crippen LogP contribution in [0.15, 0.2) is 44.6 Å². The molecule has 0 saturated carbocycles. The second-order valence-corrected chi connectivity index (χ2v) is 25.9. The van der Waals surface area contributed by atoms with Gasteiger partial charge in [-0.15, -0.1) is 0 Å². The SMILES string of the molecule is CC[Si](C#Cc1c2cc3cc[te]c3cc2c(C#C[Si-](CC)(CC)CC)c2cc3cc[te]c3cc12)(CC)CC. The van der Waals surface area contributed by atoms with E-state index in [1.165, 1.54) is 79.7 Å². The first-order valence-electron chi connectivity index (χ1n) is 14.3. The van der Waals surface area contributed by atoms with Gasteiger partial charge in [0.2, 0.25) is 0 Å². The van der Waals surface area contributed by atoms with E-state index in [9.17, 15) is 0 Å². The van der Waals surface area contributed by atoms with Crippen molar-refractivity contribution in [2.45, 2.75) is 77.8 Å². The molecule has 195 valence electrons. The first-order chi connectivity index (χ1) is 18.5. The van der Waals surface area contributed by atoms with Crippen LogP contribution in [0.4, 0.5) is 0 Å². The number of hydrogen-bond donors (Lipinski definition) is 0. The molecule has 0 fully saturated rings. The molecule has 0 radical (unpaired) electrons. The molecular formula is C34H38Si2Te2-. The molecule has 0 aliphatic carbocycles. The molecule has 2 aromatic heterocycles. The van der Waals surface area contributed by atoms with E-state index in [4.69, 9.17) is 0 Å². The summed E-state index contributed by atoms with van der Waals surface area (Å²) in [6, 6.07) is 22.1. The first kappa shape index (κ1) is 28.3. The van der Waals surface area contributed by atoms with Crippen molar-refractivity contribution in [2.24, 2.45) is 0 Å². The average Bonchev–Trinajstić information content (AvgIpc) is 3.62. The Hall–Kier alpha value is -1.21. The zero-order valence-electron chi connectivity index (χ0n) is 23.7. The molecule has 0 amide bonds. The molecule has 38 heavy (non-hydrogen) atoms. The number of benzene rings is 3. The van der Waals surface area contributed by atoms with Gasteiger partial charge in [-0.2, -0.15) is 0 Å². The Morgan fingerprint density at radius 2 is 1.08 bits per heavy atom. The maximum absolute atomic E-state index is 3.97. The molecular weight excluding hydrogens is 720 g/mol. The summed E-state index contributed by atoms with van der Waals surface area (Å²) in [6.07, 6.45) is 0. The van der Waals surface area contributed by atoms with Crippen molar-refractivity contribution >= 4 is 96.1 Å². The standard InChI is InChI=1S/C34H38Si2Te2/c1-7-35(8-2,9-3)17-13-27-29-21-25-15-19-38-34(25)24-32(29)28(14-18-36(10-4,11-5)12-6)30-22-26-16-20-37-33(26)23-31(27)30/h15-16,19-24H,7-12H2,1-6H3/q-1. The second kappa shape index (κ2) is 11.7. The van der Waals surface area contributed by atoms with E-state index in [2.05, 4.69) is 109 Å². The van der Waals surface area contributed by atoms with Crippen LogP contribution in [0.5, 0.6) is 0 Å². The van der Waals surface area contributed by atoms with Gasteiger partial charge in [0.1, 0.15) is 0 Å². The van der Waals surface area contributed by atoms with Gasteiger partial charge in [0, 0.05) is 0 Å². The van der Waals surface area contributed by atoms with Gasteiger partial charge in [-0.3, -0.25) is 0 Å². The van der Waals surface area contributed by atoms with E-state index in [1.807, 2.05) is 0 Å². The zero-order chi connectivity index (χ0) is 26.9. The maximum atomic E-state index is 3.97. The topological polar surface area (TPSA) is 0 Å². The summed E-state index contributed by atoms with van der Waals surface area (Å²) in [5, 5.41) is 8.21. The molecule has 0 aliphatic heterocycles. The normalized spacial score (nSPS) is 12.2. The third-order valence-corrected chi connectivity index (χ3v) is 23.7. The molecule has 3 aromatic carbocycles. The first-order valence-corrected chi connectivity index (χ1v) is 24.6. The van der Waals surface area contributed by atoms with Crippen molar-refractivity contribution in [1.29, 1.82) is 0 Å². The molecule has 0 unspecified atom stereocenters. The van der Waals surface area contributed by atoms with Crippen molar-refractivity contribution in [3.63, 3.8) is 0 Å². The van der Waals surface area contributed by atoms with Crippen LogP contribution in [0.1, 0.15) is 52.7 Å². The summed E-state index contributed by atoms with van der Waals surface area (Å²) in [7, 11) is -3.16. The van der Waals surface area contributed by atoms with Gasteiger partial charge >= 0.3 is 253 Å². The minimum absolute atomic E-state index is 0.253. The fourth-order valence-electron chi connectivity index (χ4n) is 5.83. The van der Waals surface area contributed by atoms with Crippen LogP contribution in [0, 0.1) is 22.9 Å². The van der Waals surface area contributed by atoms with Crippen LogP contribution < -0.4 is 0 Å². The minimum atomic E-state index is -1.58. The van der Waals surface area contributed by atoms with Crippen LogP contribution in [0.25, 0.3) is 39.1 Å². The molecule has 5 rings (SSSR count). The summed E-state index contributed by atoms with van der Waals surface area (Å²) in [5.74, 6) is 7.79. The Morgan fingerprint density at radius 1 is 0.632 bits per heavy atom. The molecule has 4 heteroatoms. The predicted octanol–water partition coefficient (Wildman–Crippen LogP) is 9.21. The van der Waals surface area contributed by atoms with Crippen LogP contribution in [-0.4, -0.2) is 57.0 Å². The molecule has 2 heterocycles. The van der Waals surface area contributed by atoms with E-state index in [0.717, 1.165) is 0 Å². The van der Waals surface area contributed by atoms with E-state index in [1.54, 1.807) is 6.80 Å². The van der Waals surface area contributed by atoms with Crippen LogP contribution in [0.3, 0.4) is 0 Å². The fourth-order valence-corrected chi connectivity index (χ4v) is 15.3. The molecule has 0 saturated heterocycles. The van der Waals surface area contributed by atoms with E-state index in [0.29, 0.717) is 0 Å². The van der Waals surface area contributed by atoms with Gasteiger partial charge in [-0.1, -0.05) is 0 Å². The van der Waals surface area contributed by atoms with Gasteiger partial charge in [0.05, 0.1) is 0 Å². The van der Waals surface area contributed by atoms with E-state index < -0.39 is 16.1 Å². The third-order valence-electron chi connectivity index (χ3n) is 9.23. The van der Waals surface area contributed by atoms with E-state index in [-0.39, 0.29) is 40.9 Å². The van der Waals surface area contributed by atoms with Crippen molar-refractivity contribution in [1.82, 2.24) is 0 Å². The Balaban J connectivity index is 1.96. The van der Waals surface area contributed by atoms with Crippen LogP contribution in [0.2, 0.25) is 36.3 Å². The molecule has 0 N–H and O–H groups in total. The van der Waals surface area contributed by atoms with Crippen LogP contribution in [-0.2, 0) is 0 Å². The van der Waals surface area contributed by atoms with Crippen molar-refractivity contribution in [3.05, 3.63) is 55.7 Å². The van der Waals surface area contributed by atoms with Crippen molar-refractivity contribution < 1.29 is 0 Å². The van der Waals surface area contributed by atoms with Gasteiger partial charge in [-0.25, -0.2) is 0 Å². The van der Waals surface area contributed by atoms with Gasteiger partial charge in [0.25, 0.3) is 0 Å². The Kier molecular flexibility index (Phi) is 8.74. The summed E-state index contributed by atoms with van der Waals surface area (Å²) < 4.78 is 7.98. The van der Waals surface area contributed by atoms with Crippen molar-refractivity contribution in [3.8, 4) is 22.9 Å². The molecule has 0 aliphatic rings. The second-order valence-electron chi connectivity index (χ2n) is 10.6. The van der Waals surface area contributed by atoms with Crippen molar-refractivity contribution in [2.75, 3.05) is 0 Å². The third kappa shape index (κ3) is 5.04. The number of fused-ring (bicyclic) bond motifs is 4. The Labute approximate surface area is 250 Å². The Bertz CT molecular complexity index is 1520. The monoisotopic (exact) mass is 762 g/mol. The summed E-state index contributed by atoms with van der Waals surface area (Å²) in [4.78, 5) is 0. The quantitative estimate of drug-likeness (QED) is 0.0922. The molecule has 0 nitrogen and oxygen atoms in total. The van der Waals surface area contributed by atoms with Crippen LogP contribution >= 0.6 is 0 Å². The molecule has 0 atom stereocenters. The average molecular weight is 758 g/mol. The Morgan fingerprint density at radius 3 is 1.53 bits per heavy atom. The van der Waals surface area contributed by atoms with Gasteiger partial charge in [-0.05, 0) is 0 Å². The van der Waals surface area contributed by atoms with Gasteiger partial charge < -0.3 is 0 Å². The number of rotatable bonds is 6.